The summed E-state index contributed by atoms with van der Waals surface area (Å²) >= 11 is 0. The van der Waals surface area contributed by atoms with Gasteiger partial charge in [0.05, 0.1) is 33.3 Å². The van der Waals surface area contributed by atoms with E-state index in [4.69, 9.17) is 14.2 Å². The second kappa shape index (κ2) is 7.85. The molecule has 22 heavy (non-hydrogen) atoms. The number of carbonyl (C=O) groups is 1. The summed E-state index contributed by atoms with van der Waals surface area (Å²) in [6.45, 7) is 0.736. The Morgan fingerprint density at radius 2 is 1.68 bits per heavy atom. The first-order valence-electron chi connectivity index (χ1n) is 6.84. The van der Waals surface area contributed by atoms with E-state index in [1.165, 1.54) is 12.1 Å². The highest BCUT2D eigenvalue weighted by molar-refractivity contribution is 7.47. The quantitative estimate of drug-likeness (QED) is 0.529. The molecule has 1 atom stereocenters. The molecule has 0 aliphatic rings. The van der Waals surface area contributed by atoms with Crippen LogP contribution in [-0.4, -0.2) is 61.4 Å². The standard InChI is InChI=1S/C14H22NO6P/c1-15(2,3)9-11-21-22(18,19)20-10-8-12-4-6-13(7-5-12)14(16)17/h4-7H,8-11H2,1-3H3,(H-,16,17,18,19)/p+1. The van der Waals surface area contributed by atoms with E-state index < -0.39 is 13.8 Å². The van der Waals surface area contributed by atoms with Crippen LogP contribution in [0.25, 0.3) is 0 Å². The van der Waals surface area contributed by atoms with Crippen LogP contribution in [0.2, 0.25) is 0 Å². The number of quaternary nitrogens is 1. The van der Waals surface area contributed by atoms with Crippen LogP contribution in [-0.2, 0) is 20.0 Å². The van der Waals surface area contributed by atoms with Gasteiger partial charge in [-0.15, -0.1) is 0 Å². The van der Waals surface area contributed by atoms with Gasteiger partial charge in [-0.2, -0.15) is 0 Å². The van der Waals surface area contributed by atoms with Crippen LogP contribution in [0.1, 0.15) is 15.9 Å². The lowest BCUT2D eigenvalue weighted by Crippen LogP contribution is -2.37. The number of hydrogen-bond acceptors (Lipinski definition) is 4. The number of benzene rings is 1. The number of carboxylic acids is 1. The predicted molar refractivity (Wildman–Crippen MR) is 81.7 cm³/mol. The summed E-state index contributed by atoms with van der Waals surface area (Å²) in [6.07, 6.45) is 0.392. The largest absolute Gasteiger partial charge is 0.478 e. The second-order valence-corrected chi connectivity index (χ2v) is 7.35. The van der Waals surface area contributed by atoms with Crippen molar-refractivity contribution in [3.05, 3.63) is 35.4 Å². The first-order valence-corrected chi connectivity index (χ1v) is 8.33. The van der Waals surface area contributed by atoms with Crippen molar-refractivity contribution in [2.45, 2.75) is 6.42 Å². The molecule has 1 unspecified atom stereocenters. The minimum atomic E-state index is -4.04. The van der Waals surface area contributed by atoms with Gasteiger partial charge in [0.2, 0.25) is 0 Å². The lowest BCUT2D eigenvalue weighted by molar-refractivity contribution is -0.870. The van der Waals surface area contributed by atoms with Crippen LogP contribution < -0.4 is 0 Å². The van der Waals surface area contributed by atoms with Crippen molar-refractivity contribution in [2.24, 2.45) is 0 Å². The maximum atomic E-state index is 11.7. The van der Waals surface area contributed by atoms with E-state index in [1.54, 1.807) is 12.1 Å². The van der Waals surface area contributed by atoms with Crippen LogP contribution in [0.3, 0.4) is 0 Å². The van der Waals surface area contributed by atoms with E-state index in [0.29, 0.717) is 17.4 Å². The Morgan fingerprint density at radius 3 is 2.18 bits per heavy atom. The molecule has 0 saturated carbocycles. The molecule has 0 fully saturated rings. The molecule has 7 nitrogen and oxygen atoms in total. The molecule has 2 N–H and O–H groups in total. The van der Waals surface area contributed by atoms with Gasteiger partial charge >= 0.3 is 13.8 Å². The van der Waals surface area contributed by atoms with E-state index in [0.717, 1.165) is 5.56 Å². The number of carboxylic acid groups (broad SMARTS) is 1. The van der Waals surface area contributed by atoms with Crippen LogP contribution in [0.15, 0.2) is 24.3 Å². The Labute approximate surface area is 130 Å². The summed E-state index contributed by atoms with van der Waals surface area (Å²) in [4.78, 5) is 20.2. The zero-order valence-corrected chi connectivity index (χ0v) is 14.0. The van der Waals surface area contributed by atoms with Gasteiger partial charge in [-0.25, -0.2) is 9.36 Å². The van der Waals surface area contributed by atoms with Crippen LogP contribution >= 0.6 is 7.82 Å². The molecular formula is C14H23NO6P+. The molecule has 0 aliphatic heterocycles. The van der Waals surface area contributed by atoms with E-state index in [1.807, 2.05) is 21.1 Å². The summed E-state index contributed by atoms with van der Waals surface area (Å²) in [5.41, 5.74) is 1.01. The topological polar surface area (TPSA) is 93.1 Å². The van der Waals surface area contributed by atoms with E-state index in [9.17, 15) is 14.3 Å². The van der Waals surface area contributed by atoms with Gasteiger partial charge in [-0.05, 0) is 24.1 Å². The molecule has 0 radical (unpaired) electrons. The molecule has 1 rings (SSSR count). The number of aromatic carboxylic acids is 1. The maximum absolute atomic E-state index is 11.7. The van der Waals surface area contributed by atoms with Crippen LogP contribution in [0.4, 0.5) is 0 Å². The maximum Gasteiger partial charge on any atom is 0.472 e. The molecule has 0 aromatic heterocycles. The zero-order chi connectivity index (χ0) is 16.8. The zero-order valence-electron chi connectivity index (χ0n) is 13.1. The molecular weight excluding hydrogens is 309 g/mol. The molecule has 0 heterocycles. The molecule has 0 aliphatic carbocycles. The van der Waals surface area contributed by atoms with Crippen molar-refractivity contribution >= 4 is 13.8 Å². The summed E-state index contributed by atoms with van der Waals surface area (Å²) in [5.74, 6) is -0.992. The van der Waals surface area contributed by atoms with Gasteiger partial charge in [-0.1, -0.05) is 12.1 Å². The Balaban J connectivity index is 2.35. The van der Waals surface area contributed by atoms with Gasteiger partial charge in [0.15, 0.2) is 0 Å². The summed E-state index contributed by atoms with van der Waals surface area (Å²) in [6, 6.07) is 6.25. The van der Waals surface area contributed by atoms with Gasteiger partial charge in [-0.3, -0.25) is 9.05 Å². The van der Waals surface area contributed by atoms with Gasteiger partial charge < -0.3 is 14.5 Å². The Morgan fingerprint density at radius 1 is 1.14 bits per heavy atom. The highest BCUT2D eigenvalue weighted by atomic mass is 31.2. The highest BCUT2D eigenvalue weighted by Gasteiger charge is 2.22. The fourth-order valence-corrected chi connectivity index (χ4v) is 2.27. The number of hydrogen-bond donors (Lipinski definition) is 2. The number of rotatable bonds is 9. The summed E-state index contributed by atoms with van der Waals surface area (Å²) in [5, 5.41) is 8.79. The van der Waals surface area contributed by atoms with Crippen molar-refractivity contribution in [3.63, 3.8) is 0 Å². The van der Waals surface area contributed by atoms with E-state index in [-0.39, 0.29) is 18.8 Å². The normalized spacial score (nSPS) is 14.5. The molecule has 0 spiro atoms. The third-order valence-electron chi connectivity index (χ3n) is 2.86. The minimum absolute atomic E-state index is 0.0184. The van der Waals surface area contributed by atoms with Gasteiger partial charge in [0, 0.05) is 0 Å². The van der Waals surface area contributed by atoms with Crippen molar-refractivity contribution < 1.29 is 32.9 Å². The molecule has 1 aromatic rings. The lowest BCUT2D eigenvalue weighted by Gasteiger charge is -2.24. The van der Waals surface area contributed by atoms with Crippen molar-refractivity contribution in [1.82, 2.24) is 0 Å². The summed E-state index contributed by atoms with van der Waals surface area (Å²) in [7, 11) is 1.81. The molecule has 124 valence electrons. The monoisotopic (exact) mass is 332 g/mol. The predicted octanol–water partition coefficient (Wildman–Crippen LogP) is 1.77. The molecule has 1 aromatic carbocycles. The SMILES string of the molecule is C[N+](C)(C)CCOP(=O)(O)OCCc1ccc(C(=O)O)cc1. The lowest BCUT2D eigenvalue weighted by atomic mass is 10.1. The van der Waals surface area contributed by atoms with Gasteiger partial charge in [0.25, 0.3) is 0 Å². The van der Waals surface area contributed by atoms with Crippen LogP contribution in [0, 0.1) is 0 Å². The second-order valence-electron chi connectivity index (χ2n) is 5.90. The summed E-state index contributed by atoms with van der Waals surface area (Å²) < 4.78 is 22.1. The minimum Gasteiger partial charge on any atom is -0.478 e. The first kappa shape index (κ1) is 18.8. The fraction of sp³-hybridized carbons (Fsp3) is 0.500. The Bertz CT molecular complexity index is 537. The average Bonchev–Trinajstić information content (AvgIpc) is 2.37. The van der Waals surface area contributed by atoms with Crippen molar-refractivity contribution in [1.29, 1.82) is 0 Å². The molecule has 0 amide bonds. The fourth-order valence-electron chi connectivity index (χ4n) is 1.56. The molecule has 8 heteroatoms. The van der Waals surface area contributed by atoms with E-state index in [2.05, 4.69) is 0 Å². The number of nitrogens with zero attached hydrogens (tertiary/aromatic N) is 1. The third-order valence-corrected chi connectivity index (χ3v) is 3.88. The number of phosphoric ester groups is 1. The van der Waals surface area contributed by atoms with Gasteiger partial charge in [0.1, 0.15) is 13.2 Å². The number of likely N-dealkylation sites (N-methyl/N-ethyl adjacent to an activating group) is 1. The average molecular weight is 332 g/mol. The van der Waals surface area contributed by atoms with Crippen molar-refractivity contribution in [2.75, 3.05) is 40.9 Å². The smallest absolute Gasteiger partial charge is 0.472 e. The van der Waals surface area contributed by atoms with Crippen LogP contribution in [0.5, 0.6) is 0 Å². The Hall–Kier alpha value is -1.24. The highest BCUT2D eigenvalue weighted by Crippen LogP contribution is 2.43. The Kier molecular flexibility index (Phi) is 6.71. The third kappa shape index (κ3) is 7.68. The van der Waals surface area contributed by atoms with Crippen molar-refractivity contribution in [3.8, 4) is 0 Å². The van der Waals surface area contributed by atoms with E-state index >= 15 is 0 Å². The molecule has 0 saturated heterocycles. The first-order chi connectivity index (χ1) is 10.1. The molecule has 0 bridgehead atoms. The number of phosphoric acid groups is 1.